The van der Waals surface area contributed by atoms with E-state index in [4.69, 9.17) is 9.47 Å². The smallest absolute Gasteiger partial charge is 0.254 e. The number of ether oxygens (including phenoxy) is 2. The number of nitrogens with one attached hydrogen (secondary N) is 2. The van der Waals surface area contributed by atoms with Gasteiger partial charge < -0.3 is 19.8 Å². The van der Waals surface area contributed by atoms with Gasteiger partial charge >= 0.3 is 0 Å². The Balaban J connectivity index is 0.00000289. The van der Waals surface area contributed by atoms with Crippen LogP contribution >= 0.6 is 12.4 Å². The first-order valence-electron chi connectivity index (χ1n) is 9.78. The highest BCUT2D eigenvalue weighted by Crippen LogP contribution is 2.23. The van der Waals surface area contributed by atoms with Crippen LogP contribution in [0.25, 0.3) is 16.7 Å². The molecule has 168 valence electrons. The molecule has 0 aliphatic rings. The van der Waals surface area contributed by atoms with E-state index in [0.29, 0.717) is 41.5 Å². The summed E-state index contributed by atoms with van der Waals surface area (Å²) in [4.78, 5) is 15.6. The lowest BCUT2D eigenvalue weighted by Gasteiger charge is -2.10. The van der Waals surface area contributed by atoms with Gasteiger partial charge in [-0.1, -0.05) is 0 Å². The third-order valence-corrected chi connectivity index (χ3v) is 5.08. The van der Waals surface area contributed by atoms with E-state index in [1.54, 1.807) is 31.0 Å². The molecule has 32 heavy (non-hydrogen) atoms. The molecule has 2 N–H and O–H groups in total. The molecule has 4 rings (SSSR count). The van der Waals surface area contributed by atoms with Crippen molar-refractivity contribution < 1.29 is 13.9 Å². The summed E-state index contributed by atoms with van der Waals surface area (Å²) < 4.78 is 25.5. The fourth-order valence-corrected chi connectivity index (χ4v) is 3.47. The second-order valence-electron chi connectivity index (χ2n) is 7.18. The van der Waals surface area contributed by atoms with Gasteiger partial charge in [0.15, 0.2) is 0 Å². The molecule has 0 bridgehead atoms. The molecule has 0 fully saturated rings. The van der Waals surface area contributed by atoms with E-state index in [2.05, 4.69) is 15.4 Å². The highest BCUT2D eigenvalue weighted by atomic mass is 35.5. The highest BCUT2D eigenvalue weighted by molar-refractivity contribution is 5.85. The summed E-state index contributed by atoms with van der Waals surface area (Å²) in [5.74, 6) is 1.09. The van der Waals surface area contributed by atoms with Crippen LogP contribution in [0.1, 0.15) is 16.8 Å². The number of pyridine rings is 1. The predicted octanol–water partition coefficient (Wildman–Crippen LogP) is 3.89. The lowest BCUT2D eigenvalue weighted by Crippen LogP contribution is -2.21. The summed E-state index contributed by atoms with van der Waals surface area (Å²) in [6.45, 7) is 2.80. The maximum atomic E-state index is 13.3. The Bertz CT molecular complexity index is 1260. The van der Waals surface area contributed by atoms with Gasteiger partial charge in [-0.15, -0.1) is 12.4 Å². The van der Waals surface area contributed by atoms with Gasteiger partial charge in [0.25, 0.3) is 5.56 Å². The molecule has 0 saturated heterocycles. The van der Waals surface area contributed by atoms with Crippen molar-refractivity contribution in [1.82, 2.24) is 20.1 Å². The molecular weight excluding hydrogens is 435 g/mol. The van der Waals surface area contributed by atoms with Crippen LogP contribution in [0, 0.1) is 12.7 Å². The Kier molecular flexibility index (Phi) is 7.17. The fraction of sp³-hybridized carbons (Fsp3) is 0.217. The maximum Gasteiger partial charge on any atom is 0.254 e. The number of rotatable bonds is 7. The Labute approximate surface area is 190 Å². The second kappa shape index (κ2) is 9.84. The molecule has 7 nitrogen and oxygen atoms in total. The van der Waals surface area contributed by atoms with Gasteiger partial charge in [-0.3, -0.25) is 4.79 Å². The molecule has 0 aliphatic heterocycles. The molecule has 2 aromatic carbocycles. The fourth-order valence-electron chi connectivity index (χ4n) is 3.47. The highest BCUT2D eigenvalue weighted by Gasteiger charge is 2.13. The van der Waals surface area contributed by atoms with Crippen LogP contribution in [0.4, 0.5) is 4.39 Å². The van der Waals surface area contributed by atoms with E-state index in [-0.39, 0.29) is 23.8 Å². The maximum absolute atomic E-state index is 13.3. The Hall–Kier alpha value is -3.36. The molecule has 0 amide bonds. The van der Waals surface area contributed by atoms with Crippen molar-refractivity contribution in [2.24, 2.45) is 0 Å². The second-order valence-corrected chi connectivity index (χ2v) is 7.18. The predicted molar refractivity (Wildman–Crippen MR) is 124 cm³/mol. The minimum Gasteiger partial charge on any atom is -0.497 e. The van der Waals surface area contributed by atoms with E-state index in [0.717, 1.165) is 16.6 Å². The van der Waals surface area contributed by atoms with Crippen LogP contribution in [0.5, 0.6) is 11.5 Å². The third kappa shape index (κ3) is 4.76. The van der Waals surface area contributed by atoms with Gasteiger partial charge in [-0.25, -0.2) is 9.07 Å². The molecule has 0 aliphatic carbocycles. The van der Waals surface area contributed by atoms with Crippen molar-refractivity contribution in [2.75, 3.05) is 14.2 Å². The number of benzene rings is 2. The molecule has 4 aromatic rings. The van der Waals surface area contributed by atoms with Crippen molar-refractivity contribution in [2.45, 2.75) is 20.0 Å². The van der Waals surface area contributed by atoms with E-state index in [9.17, 15) is 9.18 Å². The summed E-state index contributed by atoms with van der Waals surface area (Å²) in [6, 6.07) is 13.5. The van der Waals surface area contributed by atoms with Crippen molar-refractivity contribution in [3.63, 3.8) is 0 Å². The van der Waals surface area contributed by atoms with Crippen molar-refractivity contribution in [3.05, 3.63) is 81.5 Å². The summed E-state index contributed by atoms with van der Waals surface area (Å²) >= 11 is 0. The van der Waals surface area contributed by atoms with Gasteiger partial charge in [0.1, 0.15) is 23.0 Å². The lowest BCUT2D eigenvalue weighted by molar-refractivity contribution is 0.393. The van der Waals surface area contributed by atoms with Crippen LogP contribution in [0.3, 0.4) is 0 Å². The first-order valence-corrected chi connectivity index (χ1v) is 9.78. The topological polar surface area (TPSA) is 81.2 Å². The quantitative estimate of drug-likeness (QED) is 0.439. The van der Waals surface area contributed by atoms with E-state index in [1.165, 1.54) is 12.1 Å². The van der Waals surface area contributed by atoms with Crippen LogP contribution in [0.15, 0.2) is 53.3 Å². The Morgan fingerprint density at radius 1 is 1.03 bits per heavy atom. The van der Waals surface area contributed by atoms with Crippen molar-refractivity contribution in [1.29, 1.82) is 0 Å². The number of nitrogens with zero attached hydrogens (tertiary/aromatic N) is 2. The standard InChI is InChI=1S/C23H23FN4O3.ClH/c1-14-21-10-16(13-25-12-15-8-19(30-2)11-20(9-15)31-3)23(29)26-22(21)28(27-14)18-6-4-17(24)5-7-18;/h4-11,25H,12-13H2,1-3H3,(H,26,29);1H. The number of halogens is 2. The molecule has 0 saturated carbocycles. The molecule has 9 heteroatoms. The van der Waals surface area contributed by atoms with Crippen molar-refractivity contribution in [3.8, 4) is 17.2 Å². The van der Waals surface area contributed by atoms with E-state index in [1.807, 2.05) is 31.2 Å². The number of H-pyrrole nitrogens is 1. The summed E-state index contributed by atoms with van der Waals surface area (Å²) in [5, 5.41) is 8.64. The molecular formula is C23H24ClFN4O3. The lowest BCUT2D eigenvalue weighted by atomic mass is 10.1. The van der Waals surface area contributed by atoms with Crippen LogP contribution in [0.2, 0.25) is 0 Å². The normalized spacial score (nSPS) is 10.8. The largest absolute Gasteiger partial charge is 0.497 e. The first-order chi connectivity index (χ1) is 15.0. The molecule has 0 atom stereocenters. The van der Waals surface area contributed by atoms with Crippen LogP contribution < -0.4 is 20.3 Å². The molecule has 2 heterocycles. The van der Waals surface area contributed by atoms with Gasteiger partial charge in [0.2, 0.25) is 0 Å². The molecule has 0 spiro atoms. The molecule has 0 unspecified atom stereocenters. The summed E-state index contributed by atoms with van der Waals surface area (Å²) in [6.07, 6.45) is 0. The minimum absolute atomic E-state index is 0. The van der Waals surface area contributed by atoms with Gasteiger partial charge in [-0.2, -0.15) is 5.10 Å². The number of aromatic nitrogens is 3. The zero-order valence-electron chi connectivity index (χ0n) is 17.9. The average Bonchev–Trinajstić information content (AvgIpc) is 3.09. The number of aromatic amines is 1. The van der Waals surface area contributed by atoms with E-state index < -0.39 is 0 Å². The van der Waals surface area contributed by atoms with Gasteiger partial charge in [0, 0.05) is 30.1 Å². The molecule has 0 radical (unpaired) electrons. The van der Waals surface area contributed by atoms with Gasteiger partial charge in [-0.05, 0) is 55.0 Å². The third-order valence-electron chi connectivity index (χ3n) is 5.08. The number of hydrogen-bond donors (Lipinski definition) is 2. The zero-order chi connectivity index (χ0) is 22.0. The minimum atomic E-state index is -0.326. The van der Waals surface area contributed by atoms with Crippen LogP contribution in [-0.4, -0.2) is 29.0 Å². The Morgan fingerprint density at radius 3 is 2.31 bits per heavy atom. The van der Waals surface area contributed by atoms with Gasteiger partial charge in [0.05, 0.1) is 25.6 Å². The number of hydrogen-bond acceptors (Lipinski definition) is 5. The first kappa shape index (κ1) is 23.3. The monoisotopic (exact) mass is 458 g/mol. The van der Waals surface area contributed by atoms with Crippen molar-refractivity contribution >= 4 is 23.4 Å². The Morgan fingerprint density at radius 2 is 1.69 bits per heavy atom. The summed E-state index contributed by atoms with van der Waals surface area (Å²) in [5.41, 5.74) is 3.40. The van der Waals surface area contributed by atoms with Crippen LogP contribution in [-0.2, 0) is 13.1 Å². The van der Waals surface area contributed by atoms with E-state index >= 15 is 0 Å². The molecule has 2 aromatic heterocycles. The number of fused-ring (bicyclic) bond motifs is 1. The number of methoxy groups -OCH3 is 2. The average molecular weight is 459 g/mol. The SMILES string of the molecule is COc1cc(CNCc2cc3c(C)nn(-c4ccc(F)cc4)c3[nH]c2=O)cc(OC)c1.Cl. The zero-order valence-corrected chi connectivity index (χ0v) is 18.8. The summed E-state index contributed by atoms with van der Waals surface area (Å²) in [7, 11) is 3.21. The number of aryl methyl sites for hydroxylation is 1.